The number of rotatable bonds is 5. The molecule has 0 aliphatic carbocycles. The van der Waals surface area contributed by atoms with Crippen LogP contribution in [0.5, 0.6) is 0 Å². The topological polar surface area (TPSA) is 115 Å². The van der Waals surface area contributed by atoms with Crippen LogP contribution in [0.3, 0.4) is 0 Å². The molecule has 3 unspecified atom stereocenters. The number of nitrogens with one attached hydrogen (secondary N) is 1. The number of nitrogens with zero attached hydrogens (tertiary/aromatic N) is 3. The van der Waals surface area contributed by atoms with E-state index in [-0.39, 0.29) is 12.6 Å². The zero-order valence-electron chi connectivity index (χ0n) is 12.9. The van der Waals surface area contributed by atoms with Crippen LogP contribution in [-0.2, 0) is 4.79 Å². The van der Waals surface area contributed by atoms with Crippen LogP contribution in [0, 0.1) is 0 Å². The zero-order valence-corrected chi connectivity index (χ0v) is 12.9. The van der Waals surface area contributed by atoms with Crippen molar-refractivity contribution in [2.75, 3.05) is 35.2 Å². The third-order valence-corrected chi connectivity index (χ3v) is 4.65. The molecule has 2 saturated heterocycles. The number of aliphatic hydroxyl groups is 2. The van der Waals surface area contributed by atoms with Crippen molar-refractivity contribution in [3.8, 4) is 0 Å². The number of carbonyl (C=O) groups is 1. The molecule has 3 atom stereocenters. The second-order valence-corrected chi connectivity index (χ2v) is 6.03. The largest absolute Gasteiger partial charge is 0.396 e. The molecule has 0 radical (unpaired) electrons. The molecule has 3 heterocycles. The van der Waals surface area contributed by atoms with E-state index in [0.29, 0.717) is 36.7 Å². The first-order valence-electron chi connectivity index (χ1n) is 7.94. The van der Waals surface area contributed by atoms with Crippen LogP contribution in [0.2, 0.25) is 0 Å². The van der Waals surface area contributed by atoms with Crippen molar-refractivity contribution in [2.45, 2.75) is 37.6 Å². The number of hydrogen-bond donors (Lipinski definition) is 4. The van der Waals surface area contributed by atoms with Gasteiger partial charge in [0.25, 0.3) is 0 Å². The molecule has 126 valence electrons. The van der Waals surface area contributed by atoms with Gasteiger partial charge in [0.1, 0.15) is 12.0 Å². The highest BCUT2D eigenvalue weighted by atomic mass is 16.3. The lowest BCUT2D eigenvalue weighted by molar-refractivity contribution is -0.110. The smallest absolute Gasteiger partial charge is 0.208 e. The Morgan fingerprint density at radius 2 is 2.17 bits per heavy atom. The van der Waals surface area contributed by atoms with E-state index in [1.807, 2.05) is 9.80 Å². The minimum atomic E-state index is -0.625. The van der Waals surface area contributed by atoms with Crippen molar-refractivity contribution in [3.63, 3.8) is 0 Å². The molecule has 0 saturated carbocycles. The molecule has 5 N–H and O–H groups in total. The number of nitrogens with two attached hydrogens (primary N) is 1. The molecule has 0 spiro atoms. The van der Waals surface area contributed by atoms with Crippen molar-refractivity contribution in [1.29, 1.82) is 0 Å². The minimum Gasteiger partial charge on any atom is -0.396 e. The van der Waals surface area contributed by atoms with E-state index < -0.39 is 12.3 Å². The fraction of sp³-hybridized carbons (Fsp3) is 0.600. The second kappa shape index (κ2) is 6.59. The Kier molecular flexibility index (Phi) is 4.53. The summed E-state index contributed by atoms with van der Waals surface area (Å²) in [4.78, 5) is 19.3. The van der Waals surface area contributed by atoms with Crippen molar-refractivity contribution in [1.82, 2.24) is 10.3 Å². The van der Waals surface area contributed by atoms with Gasteiger partial charge in [-0.3, -0.25) is 4.79 Å². The normalized spacial score (nSPS) is 27.5. The third-order valence-electron chi connectivity index (χ3n) is 4.65. The minimum absolute atomic E-state index is 0.0353. The molecular formula is C15H23N5O3. The summed E-state index contributed by atoms with van der Waals surface area (Å²) in [6, 6.07) is 3.61. The third kappa shape index (κ3) is 2.91. The van der Waals surface area contributed by atoms with Crippen molar-refractivity contribution in [3.05, 3.63) is 12.1 Å². The molecule has 0 bridgehead atoms. The first kappa shape index (κ1) is 15.8. The maximum absolute atomic E-state index is 10.8. The first-order valence-corrected chi connectivity index (χ1v) is 7.94. The predicted octanol–water partition coefficient (Wildman–Crippen LogP) is -0.732. The summed E-state index contributed by atoms with van der Waals surface area (Å²) in [5.41, 5.74) is 6.64. The Bertz CT molecular complexity index is 570. The monoisotopic (exact) mass is 321 g/mol. The molecule has 1 aromatic heterocycles. The Morgan fingerprint density at radius 3 is 2.91 bits per heavy atom. The van der Waals surface area contributed by atoms with E-state index in [2.05, 4.69) is 10.3 Å². The van der Waals surface area contributed by atoms with E-state index in [0.717, 1.165) is 19.4 Å². The molecule has 2 fully saturated rings. The molecule has 8 nitrogen and oxygen atoms in total. The van der Waals surface area contributed by atoms with Gasteiger partial charge in [-0.2, -0.15) is 0 Å². The lowest BCUT2D eigenvalue weighted by atomic mass is 10.2. The number of aliphatic hydroxyl groups excluding tert-OH is 2. The lowest BCUT2D eigenvalue weighted by Gasteiger charge is -2.30. The summed E-state index contributed by atoms with van der Waals surface area (Å²) in [7, 11) is 0. The summed E-state index contributed by atoms with van der Waals surface area (Å²) in [6.45, 7) is 1.49. The highest BCUT2D eigenvalue weighted by Gasteiger charge is 2.34. The standard InChI is InChI=1S/C15H23N5O3/c16-11-3-4-13(20-7-5-12(23)15(20)17-9-22)18-14(11)19-6-1-2-10(19)8-21/h3-4,9-10,12,15,21,23H,1-2,5-8,16H2,(H,17,22). The molecule has 1 aromatic rings. The summed E-state index contributed by atoms with van der Waals surface area (Å²) in [6.07, 6.45) is 1.96. The van der Waals surface area contributed by atoms with Gasteiger partial charge in [-0.15, -0.1) is 0 Å². The number of pyridine rings is 1. The Morgan fingerprint density at radius 1 is 1.35 bits per heavy atom. The molecular weight excluding hydrogens is 298 g/mol. The van der Waals surface area contributed by atoms with E-state index in [1.54, 1.807) is 12.1 Å². The van der Waals surface area contributed by atoms with E-state index >= 15 is 0 Å². The van der Waals surface area contributed by atoms with Crippen LogP contribution < -0.4 is 20.9 Å². The van der Waals surface area contributed by atoms with Crippen LogP contribution in [0.15, 0.2) is 12.1 Å². The summed E-state index contributed by atoms with van der Waals surface area (Å²) in [5, 5.41) is 22.2. The maximum Gasteiger partial charge on any atom is 0.208 e. The van der Waals surface area contributed by atoms with Gasteiger partial charge in [0.05, 0.1) is 24.4 Å². The Hall–Kier alpha value is -2.06. The van der Waals surface area contributed by atoms with E-state index in [1.165, 1.54) is 0 Å². The highest BCUT2D eigenvalue weighted by Crippen LogP contribution is 2.32. The quantitative estimate of drug-likeness (QED) is 0.528. The molecule has 2 aliphatic rings. The van der Waals surface area contributed by atoms with Gasteiger partial charge in [0.15, 0.2) is 5.82 Å². The number of amides is 1. The van der Waals surface area contributed by atoms with E-state index in [4.69, 9.17) is 5.73 Å². The predicted molar refractivity (Wildman–Crippen MR) is 87.1 cm³/mol. The average Bonchev–Trinajstić information content (AvgIpc) is 3.16. The van der Waals surface area contributed by atoms with Gasteiger partial charge in [-0.25, -0.2) is 4.98 Å². The average molecular weight is 321 g/mol. The van der Waals surface area contributed by atoms with Crippen LogP contribution in [0.25, 0.3) is 0 Å². The zero-order chi connectivity index (χ0) is 16.4. The number of hydrogen-bond acceptors (Lipinski definition) is 7. The molecule has 3 rings (SSSR count). The number of nitrogen functional groups attached to an aromatic ring is 1. The van der Waals surface area contributed by atoms with Crippen LogP contribution in [0.4, 0.5) is 17.3 Å². The fourth-order valence-corrected chi connectivity index (χ4v) is 3.45. The number of carbonyl (C=O) groups excluding carboxylic acids is 1. The van der Waals surface area contributed by atoms with Crippen molar-refractivity contribution < 1.29 is 15.0 Å². The lowest BCUT2D eigenvalue weighted by Crippen LogP contribution is -2.47. The molecule has 23 heavy (non-hydrogen) atoms. The van der Waals surface area contributed by atoms with Gasteiger partial charge < -0.3 is 31.1 Å². The van der Waals surface area contributed by atoms with Gasteiger partial charge in [-0.05, 0) is 31.4 Å². The second-order valence-electron chi connectivity index (χ2n) is 6.03. The molecule has 1 amide bonds. The summed E-state index contributed by atoms with van der Waals surface area (Å²) < 4.78 is 0. The first-order chi connectivity index (χ1) is 11.2. The SMILES string of the molecule is Nc1ccc(N2CCC(O)C2NC=O)nc1N1CCCC1CO. The maximum atomic E-state index is 10.8. The fourth-order valence-electron chi connectivity index (χ4n) is 3.45. The molecule has 0 aromatic carbocycles. The summed E-state index contributed by atoms with van der Waals surface area (Å²) >= 11 is 0. The van der Waals surface area contributed by atoms with Crippen LogP contribution in [-0.4, -0.2) is 59.6 Å². The van der Waals surface area contributed by atoms with Crippen molar-refractivity contribution >= 4 is 23.7 Å². The van der Waals surface area contributed by atoms with Crippen LogP contribution >= 0.6 is 0 Å². The summed E-state index contributed by atoms with van der Waals surface area (Å²) in [5.74, 6) is 1.32. The number of aromatic nitrogens is 1. The van der Waals surface area contributed by atoms with Crippen molar-refractivity contribution in [2.24, 2.45) is 0 Å². The van der Waals surface area contributed by atoms with Crippen LogP contribution in [0.1, 0.15) is 19.3 Å². The molecule has 8 heteroatoms. The van der Waals surface area contributed by atoms with Gasteiger partial charge in [0, 0.05) is 13.1 Å². The Labute approximate surface area is 134 Å². The van der Waals surface area contributed by atoms with Gasteiger partial charge >= 0.3 is 0 Å². The highest BCUT2D eigenvalue weighted by molar-refractivity contribution is 5.67. The Balaban J connectivity index is 1.89. The van der Waals surface area contributed by atoms with Gasteiger partial charge in [-0.1, -0.05) is 0 Å². The molecule has 2 aliphatic heterocycles. The number of anilines is 3. The van der Waals surface area contributed by atoms with E-state index in [9.17, 15) is 15.0 Å². The van der Waals surface area contributed by atoms with Gasteiger partial charge in [0.2, 0.25) is 6.41 Å².